The predicted molar refractivity (Wildman–Crippen MR) is 83.3 cm³/mol. The number of thioether (sulfide) groups is 1. The molecular formula is C14H10Br2S. The molecular weight excluding hydrogens is 360 g/mol. The highest BCUT2D eigenvalue weighted by Crippen LogP contribution is 2.29. The quantitative estimate of drug-likeness (QED) is 0.603. The van der Waals surface area contributed by atoms with Crippen molar-refractivity contribution in [1.82, 2.24) is 0 Å². The van der Waals surface area contributed by atoms with Crippen molar-refractivity contribution < 1.29 is 0 Å². The zero-order valence-corrected chi connectivity index (χ0v) is 12.9. The normalized spacial score (nSPS) is 11.5. The van der Waals surface area contributed by atoms with E-state index >= 15 is 0 Å². The first-order valence-electron chi connectivity index (χ1n) is 5.09. The second-order valence-electron chi connectivity index (χ2n) is 3.40. The number of hydrogen-bond acceptors (Lipinski definition) is 1. The van der Waals surface area contributed by atoms with E-state index in [1.54, 1.807) is 11.8 Å². The van der Waals surface area contributed by atoms with Crippen molar-refractivity contribution in [3.8, 4) is 0 Å². The van der Waals surface area contributed by atoms with Gasteiger partial charge >= 0.3 is 0 Å². The van der Waals surface area contributed by atoms with E-state index in [1.807, 2.05) is 30.3 Å². The molecule has 2 aromatic rings. The maximum Gasteiger partial charge on any atom is 0.0314 e. The summed E-state index contributed by atoms with van der Waals surface area (Å²) in [6.45, 7) is 0. The molecule has 0 saturated carbocycles. The molecule has 0 nitrogen and oxygen atoms in total. The Kier molecular flexibility index (Phi) is 4.89. The zero-order valence-electron chi connectivity index (χ0n) is 8.94. The lowest BCUT2D eigenvalue weighted by atomic mass is 10.2. The molecule has 0 amide bonds. The minimum atomic E-state index is 1.10. The van der Waals surface area contributed by atoms with E-state index < -0.39 is 0 Å². The van der Waals surface area contributed by atoms with Crippen LogP contribution in [0.2, 0.25) is 0 Å². The summed E-state index contributed by atoms with van der Waals surface area (Å²) in [5.41, 5.74) is 1.19. The van der Waals surface area contributed by atoms with Crippen LogP contribution in [0.4, 0.5) is 0 Å². The fourth-order valence-corrected chi connectivity index (χ4v) is 2.78. The van der Waals surface area contributed by atoms with Crippen LogP contribution in [0.25, 0.3) is 4.48 Å². The smallest absolute Gasteiger partial charge is 0.0314 e. The molecule has 0 fully saturated rings. The van der Waals surface area contributed by atoms with E-state index in [1.165, 1.54) is 10.5 Å². The Hall–Kier alpha value is -0.510. The first kappa shape index (κ1) is 12.9. The molecule has 0 heterocycles. The predicted octanol–water partition coefficient (Wildman–Crippen LogP) is 5.93. The van der Waals surface area contributed by atoms with E-state index in [2.05, 4.69) is 61.5 Å². The Morgan fingerprint density at radius 1 is 0.941 bits per heavy atom. The summed E-state index contributed by atoms with van der Waals surface area (Å²) in [6.07, 6.45) is 0. The lowest BCUT2D eigenvalue weighted by Crippen LogP contribution is -1.73. The molecule has 86 valence electrons. The molecule has 0 aliphatic rings. The Balaban J connectivity index is 2.08. The average molecular weight is 370 g/mol. The molecule has 0 unspecified atom stereocenters. The molecule has 0 radical (unpaired) electrons. The van der Waals surface area contributed by atoms with Gasteiger partial charge in [0.25, 0.3) is 0 Å². The highest BCUT2D eigenvalue weighted by atomic mass is 79.9. The minimum Gasteiger partial charge on any atom is -0.0969 e. The van der Waals surface area contributed by atoms with Crippen molar-refractivity contribution >= 4 is 48.1 Å². The number of halogens is 2. The van der Waals surface area contributed by atoms with Crippen molar-refractivity contribution in [1.29, 1.82) is 0 Å². The third-order valence-corrected chi connectivity index (χ3v) is 4.58. The van der Waals surface area contributed by atoms with Gasteiger partial charge in [0.1, 0.15) is 0 Å². The van der Waals surface area contributed by atoms with Gasteiger partial charge in [-0.2, -0.15) is 0 Å². The van der Waals surface area contributed by atoms with E-state index in [9.17, 15) is 0 Å². The monoisotopic (exact) mass is 368 g/mol. The van der Waals surface area contributed by atoms with E-state index in [4.69, 9.17) is 0 Å². The van der Waals surface area contributed by atoms with Crippen LogP contribution in [0.3, 0.4) is 0 Å². The van der Waals surface area contributed by atoms with Crippen molar-refractivity contribution in [3.63, 3.8) is 0 Å². The topological polar surface area (TPSA) is 0 Å². The first-order valence-corrected chi connectivity index (χ1v) is 7.55. The van der Waals surface area contributed by atoms with Crippen LogP contribution >= 0.6 is 43.6 Å². The van der Waals surface area contributed by atoms with Crippen LogP contribution < -0.4 is 0 Å². The van der Waals surface area contributed by atoms with Gasteiger partial charge in [0, 0.05) is 13.9 Å². The molecule has 0 aliphatic heterocycles. The van der Waals surface area contributed by atoms with Gasteiger partial charge in [-0.25, -0.2) is 0 Å². The summed E-state index contributed by atoms with van der Waals surface area (Å²) >= 11 is 8.72. The Labute approximate surface area is 122 Å². The molecule has 17 heavy (non-hydrogen) atoms. The fraction of sp³-hybridized carbons (Fsp3) is 0. The average Bonchev–Trinajstić information content (AvgIpc) is 2.39. The lowest BCUT2D eigenvalue weighted by molar-refractivity contribution is 1.45. The maximum absolute atomic E-state index is 3.59. The second kappa shape index (κ2) is 6.43. The molecule has 0 aromatic heterocycles. The summed E-state index contributed by atoms with van der Waals surface area (Å²) in [5, 5.41) is 2.11. The van der Waals surface area contributed by atoms with Gasteiger partial charge in [0.15, 0.2) is 0 Å². The Morgan fingerprint density at radius 3 is 2.24 bits per heavy atom. The van der Waals surface area contributed by atoms with Crippen molar-refractivity contribution in [3.05, 3.63) is 70.0 Å². The molecule has 3 heteroatoms. The Bertz CT molecular complexity index is 504. The largest absolute Gasteiger partial charge is 0.0969 e. The highest BCUT2D eigenvalue weighted by Gasteiger charge is 1.97. The standard InChI is InChI=1S/C14H10Br2S/c15-12-6-8-13(9-7-12)17-10-14(16)11-4-2-1-3-5-11/h1-10H/b14-10+. The SMILES string of the molecule is Br/C(=C/Sc1ccc(Br)cc1)c1ccccc1. The van der Waals surface area contributed by atoms with E-state index in [0.29, 0.717) is 0 Å². The lowest BCUT2D eigenvalue weighted by Gasteiger charge is -2.00. The summed E-state index contributed by atoms with van der Waals surface area (Å²) in [7, 11) is 0. The summed E-state index contributed by atoms with van der Waals surface area (Å²) in [6, 6.07) is 18.5. The molecule has 0 atom stereocenters. The minimum absolute atomic E-state index is 1.10. The van der Waals surface area contributed by atoms with E-state index in [-0.39, 0.29) is 0 Å². The first-order chi connectivity index (χ1) is 8.25. The molecule has 0 saturated heterocycles. The molecule has 2 rings (SSSR count). The van der Waals surface area contributed by atoms with Gasteiger partial charge in [0.2, 0.25) is 0 Å². The Morgan fingerprint density at radius 2 is 1.59 bits per heavy atom. The highest BCUT2D eigenvalue weighted by molar-refractivity contribution is 9.15. The molecule has 0 N–H and O–H groups in total. The maximum atomic E-state index is 3.59. The summed E-state index contributed by atoms with van der Waals surface area (Å²) < 4.78 is 2.21. The molecule has 0 bridgehead atoms. The van der Waals surface area contributed by atoms with Gasteiger partial charge in [-0.1, -0.05) is 58.0 Å². The van der Waals surface area contributed by atoms with Crippen molar-refractivity contribution in [2.24, 2.45) is 0 Å². The van der Waals surface area contributed by atoms with Crippen molar-refractivity contribution in [2.75, 3.05) is 0 Å². The van der Waals surface area contributed by atoms with Crippen LogP contribution in [0.5, 0.6) is 0 Å². The number of benzene rings is 2. The second-order valence-corrected chi connectivity index (χ2v) is 6.12. The van der Waals surface area contributed by atoms with Crippen LogP contribution in [0.15, 0.2) is 69.4 Å². The van der Waals surface area contributed by atoms with Crippen molar-refractivity contribution in [2.45, 2.75) is 4.90 Å². The van der Waals surface area contributed by atoms with Gasteiger partial charge in [-0.05, 0) is 51.2 Å². The summed E-state index contributed by atoms with van der Waals surface area (Å²) in [5.74, 6) is 0. The van der Waals surface area contributed by atoms with Crippen LogP contribution in [-0.4, -0.2) is 0 Å². The van der Waals surface area contributed by atoms with Crippen LogP contribution in [-0.2, 0) is 0 Å². The van der Waals surface area contributed by atoms with Gasteiger partial charge in [-0.15, -0.1) is 0 Å². The van der Waals surface area contributed by atoms with Crippen LogP contribution in [0, 0.1) is 0 Å². The summed E-state index contributed by atoms with van der Waals surface area (Å²) in [4.78, 5) is 1.22. The van der Waals surface area contributed by atoms with Gasteiger partial charge < -0.3 is 0 Å². The van der Waals surface area contributed by atoms with Crippen LogP contribution in [0.1, 0.15) is 5.56 Å². The molecule has 0 aliphatic carbocycles. The third kappa shape index (κ3) is 4.02. The number of rotatable bonds is 3. The van der Waals surface area contributed by atoms with Gasteiger partial charge in [-0.3, -0.25) is 0 Å². The fourth-order valence-electron chi connectivity index (χ4n) is 1.30. The third-order valence-electron chi connectivity index (χ3n) is 2.16. The zero-order chi connectivity index (χ0) is 12.1. The van der Waals surface area contributed by atoms with Gasteiger partial charge in [0.05, 0.1) is 0 Å². The molecule has 2 aromatic carbocycles. The molecule has 0 spiro atoms. The number of hydrogen-bond donors (Lipinski definition) is 0. The van der Waals surface area contributed by atoms with E-state index in [0.717, 1.165) is 8.96 Å².